The Labute approximate surface area is 81.9 Å². The molecule has 1 rings (SSSR count). The van der Waals surface area contributed by atoms with Gasteiger partial charge in [-0.3, -0.25) is 0 Å². The molecule has 1 N–H and O–H groups in total. The molecule has 2 atom stereocenters. The number of allylic oxidation sites excluding steroid dienone is 1. The highest BCUT2D eigenvalue weighted by Crippen LogP contribution is 2.36. The molecule has 1 saturated carbocycles. The summed E-state index contributed by atoms with van der Waals surface area (Å²) in [6.45, 7) is 10.4. The Morgan fingerprint density at radius 2 is 1.77 bits per heavy atom. The zero-order chi connectivity index (χ0) is 10.0. The fourth-order valence-corrected chi connectivity index (χ4v) is 2.65. The van der Waals surface area contributed by atoms with Gasteiger partial charge in [0.05, 0.1) is 6.10 Å². The molecule has 0 aliphatic heterocycles. The monoisotopic (exact) mass is 182 g/mol. The van der Waals surface area contributed by atoms with Crippen molar-refractivity contribution in [3.8, 4) is 0 Å². The largest absolute Gasteiger partial charge is 0.393 e. The van der Waals surface area contributed by atoms with Gasteiger partial charge in [-0.2, -0.15) is 0 Å². The maximum atomic E-state index is 9.78. The average Bonchev–Trinajstić information content (AvgIpc) is 1.98. The Kier molecular flexibility index (Phi) is 3.55. The molecule has 1 aliphatic rings. The van der Waals surface area contributed by atoms with Gasteiger partial charge in [0.1, 0.15) is 0 Å². The summed E-state index contributed by atoms with van der Waals surface area (Å²) in [4.78, 5) is 0. The van der Waals surface area contributed by atoms with Crippen molar-refractivity contribution in [1.82, 2.24) is 0 Å². The molecular weight excluding hydrogens is 160 g/mol. The van der Waals surface area contributed by atoms with Crippen LogP contribution in [-0.4, -0.2) is 11.2 Å². The van der Waals surface area contributed by atoms with Gasteiger partial charge < -0.3 is 5.11 Å². The minimum Gasteiger partial charge on any atom is -0.393 e. The molecule has 0 aromatic rings. The molecule has 0 aromatic carbocycles. The maximum absolute atomic E-state index is 9.78. The molecule has 13 heavy (non-hydrogen) atoms. The summed E-state index contributed by atoms with van der Waals surface area (Å²) in [6, 6.07) is 0. The van der Waals surface area contributed by atoms with Gasteiger partial charge in [0.25, 0.3) is 0 Å². The molecule has 1 aliphatic carbocycles. The van der Waals surface area contributed by atoms with Gasteiger partial charge in [0.2, 0.25) is 0 Å². The molecule has 0 amide bonds. The van der Waals surface area contributed by atoms with Crippen LogP contribution in [0.15, 0.2) is 12.2 Å². The lowest BCUT2D eigenvalue weighted by molar-refractivity contribution is 0.0116. The SMILES string of the molecule is C=C(C)CC1CC(C)C(O)C(C)C1. The zero-order valence-electron chi connectivity index (χ0n) is 9.09. The van der Waals surface area contributed by atoms with Crippen LogP contribution in [0.1, 0.15) is 40.0 Å². The lowest BCUT2D eigenvalue weighted by Gasteiger charge is -2.36. The third-order valence-corrected chi connectivity index (χ3v) is 3.21. The Hall–Kier alpha value is -0.300. The number of hydrogen-bond donors (Lipinski definition) is 1. The molecule has 0 spiro atoms. The first kappa shape index (κ1) is 10.8. The van der Waals surface area contributed by atoms with Crippen molar-refractivity contribution < 1.29 is 5.11 Å². The second-order valence-electron chi connectivity index (χ2n) is 4.94. The fourth-order valence-electron chi connectivity index (χ4n) is 2.65. The van der Waals surface area contributed by atoms with E-state index in [-0.39, 0.29) is 6.10 Å². The van der Waals surface area contributed by atoms with Gasteiger partial charge in [-0.15, -0.1) is 6.58 Å². The van der Waals surface area contributed by atoms with Gasteiger partial charge in [-0.1, -0.05) is 19.4 Å². The number of aliphatic hydroxyl groups excluding tert-OH is 1. The Bertz CT molecular complexity index is 174. The van der Waals surface area contributed by atoms with Crippen molar-refractivity contribution in [2.45, 2.75) is 46.1 Å². The molecular formula is C12H22O. The van der Waals surface area contributed by atoms with Crippen molar-refractivity contribution in [3.05, 3.63) is 12.2 Å². The van der Waals surface area contributed by atoms with Gasteiger partial charge >= 0.3 is 0 Å². The van der Waals surface area contributed by atoms with Crippen LogP contribution >= 0.6 is 0 Å². The highest BCUT2D eigenvalue weighted by atomic mass is 16.3. The van der Waals surface area contributed by atoms with Crippen molar-refractivity contribution >= 4 is 0 Å². The Morgan fingerprint density at radius 3 is 2.15 bits per heavy atom. The lowest BCUT2D eigenvalue weighted by Crippen LogP contribution is -2.34. The molecule has 1 fully saturated rings. The van der Waals surface area contributed by atoms with Crippen LogP contribution in [0.5, 0.6) is 0 Å². The van der Waals surface area contributed by atoms with Crippen LogP contribution < -0.4 is 0 Å². The molecule has 76 valence electrons. The van der Waals surface area contributed by atoms with Gasteiger partial charge in [0.15, 0.2) is 0 Å². The summed E-state index contributed by atoms with van der Waals surface area (Å²) in [5.41, 5.74) is 1.28. The number of aliphatic hydroxyl groups is 1. The summed E-state index contributed by atoms with van der Waals surface area (Å²) in [5, 5.41) is 9.78. The molecule has 0 bridgehead atoms. The minimum atomic E-state index is -0.0821. The zero-order valence-corrected chi connectivity index (χ0v) is 9.09. The van der Waals surface area contributed by atoms with E-state index in [1.165, 1.54) is 18.4 Å². The second-order valence-corrected chi connectivity index (χ2v) is 4.94. The van der Waals surface area contributed by atoms with E-state index >= 15 is 0 Å². The summed E-state index contributed by atoms with van der Waals surface area (Å²) in [7, 11) is 0. The normalized spacial score (nSPS) is 40.3. The van der Waals surface area contributed by atoms with E-state index in [0.29, 0.717) is 11.8 Å². The quantitative estimate of drug-likeness (QED) is 0.651. The molecule has 1 nitrogen and oxygen atoms in total. The topological polar surface area (TPSA) is 20.2 Å². The summed E-state index contributed by atoms with van der Waals surface area (Å²) < 4.78 is 0. The van der Waals surface area contributed by atoms with E-state index in [2.05, 4.69) is 27.4 Å². The Morgan fingerprint density at radius 1 is 1.31 bits per heavy atom. The molecule has 0 saturated heterocycles. The first-order chi connectivity index (χ1) is 6.00. The molecule has 0 aromatic heterocycles. The number of rotatable bonds is 2. The fraction of sp³-hybridized carbons (Fsp3) is 0.833. The molecule has 0 heterocycles. The first-order valence-corrected chi connectivity index (χ1v) is 5.33. The van der Waals surface area contributed by atoms with E-state index < -0.39 is 0 Å². The summed E-state index contributed by atoms with van der Waals surface area (Å²) >= 11 is 0. The van der Waals surface area contributed by atoms with Crippen LogP contribution in [0.25, 0.3) is 0 Å². The third-order valence-electron chi connectivity index (χ3n) is 3.21. The average molecular weight is 182 g/mol. The van der Waals surface area contributed by atoms with Gasteiger partial charge in [0, 0.05) is 0 Å². The van der Waals surface area contributed by atoms with Crippen LogP contribution in [0.3, 0.4) is 0 Å². The van der Waals surface area contributed by atoms with Crippen LogP contribution in [0.4, 0.5) is 0 Å². The predicted octanol–water partition coefficient (Wildman–Crippen LogP) is 3.00. The number of hydrogen-bond acceptors (Lipinski definition) is 1. The molecule has 0 radical (unpaired) electrons. The first-order valence-electron chi connectivity index (χ1n) is 5.33. The second kappa shape index (κ2) is 4.28. The highest BCUT2D eigenvalue weighted by Gasteiger charge is 2.31. The van der Waals surface area contributed by atoms with Crippen molar-refractivity contribution in [2.24, 2.45) is 17.8 Å². The van der Waals surface area contributed by atoms with Crippen molar-refractivity contribution in [3.63, 3.8) is 0 Å². The van der Waals surface area contributed by atoms with Crippen LogP contribution in [0.2, 0.25) is 0 Å². The summed E-state index contributed by atoms with van der Waals surface area (Å²) in [5.74, 6) is 1.69. The lowest BCUT2D eigenvalue weighted by atomic mass is 9.73. The van der Waals surface area contributed by atoms with Crippen LogP contribution in [-0.2, 0) is 0 Å². The summed E-state index contributed by atoms with van der Waals surface area (Å²) in [6.07, 6.45) is 3.39. The van der Waals surface area contributed by atoms with Gasteiger partial charge in [-0.25, -0.2) is 0 Å². The van der Waals surface area contributed by atoms with E-state index in [1.807, 2.05) is 0 Å². The highest BCUT2D eigenvalue weighted by molar-refractivity contribution is 4.93. The predicted molar refractivity (Wildman–Crippen MR) is 56.5 cm³/mol. The van der Waals surface area contributed by atoms with E-state index in [9.17, 15) is 5.11 Å². The standard InChI is InChI=1S/C12H22O/c1-8(2)5-11-6-9(3)12(13)10(4)7-11/h9-13H,1,5-7H2,2-4H3. The van der Waals surface area contributed by atoms with Crippen molar-refractivity contribution in [2.75, 3.05) is 0 Å². The van der Waals surface area contributed by atoms with Gasteiger partial charge in [-0.05, 0) is 43.9 Å². The molecule has 2 unspecified atom stereocenters. The Balaban J connectivity index is 2.48. The minimum absolute atomic E-state index is 0.0821. The van der Waals surface area contributed by atoms with E-state index in [4.69, 9.17) is 0 Å². The maximum Gasteiger partial charge on any atom is 0.0591 e. The van der Waals surface area contributed by atoms with Crippen molar-refractivity contribution in [1.29, 1.82) is 0 Å². The third kappa shape index (κ3) is 2.84. The smallest absolute Gasteiger partial charge is 0.0591 e. The molecule has 1 heteroatoms. The van der Waals surface area contributed by atoms with E-state index in [0.717, 1.165) is 12.3 Å². The van der Waals surface area contributed by atoms with Crippen LogP contribution in [0, 0.1) is 17.8 Å². The van der Waals surface area contributed by atoms with E-state index in [1.54, 1.807) is 0 Å².